The van der Waals surface area contributed by atoms with Crippen LogP contribution in [0.25, 0.3) is 28.1 Å². The zero-order valence-corrected chi connectivity index (χ0v) is 18.8. The van der Waals surface area contributed by atoms with Crippen LogP contribution in [0.1, 0.15) is 12.8 Å². The van der Waals surface area contributed by atoms with Crippen LogP contribution in [0.2, 0.25) is 0 Å². The van der Waals surface area contributed by atoms with Gasteiger partial charge in [-0.3, -0.25) is 4.79 Å². The summed E-state index contributed by atoms with van der Waals surface area (Å²) in [7, 11) is 3.74. The number of ether oxygens (including phenoxy) is 1. The molecule has 1 N–H and O–H groups in total. The Balaban J connectivity index is 0.000000332. The summed E-state index contributed by atoms with van der Waals surface area (Å²) in [4.78, 5) is 23.8. The molecule has 2 fully saturated rings. The Hall–Kier alpha value is -3.66. The topological polar surface area (TPSA) is 101 Å². The molecule has 6 rings (SSSR count). The average Bonchev–Trinajstić information content (AvgIpc) is 3.58. The van der Waals surface area contributed by atoms with Crippen molar-refractivity contribution in [2.45, 2.75) is 12.8 Å². The van der Waals surface area contributed by atoms with Crippen molar-refractivity contribution in [3.8, 4) is 17.3 Å². The number of furan rings is 1. The quantitative estimate of drug-likeness (QED) is 0.508. The molecule has 0 aliphatic carbocycles. The monoisotopic (exact) mass is 449 g/mol. The van der Waals surface area contributed by atoms with Gasteiger partial charge in [0.05, 0.1) is 18.7 Å². The molecule has 6 heterocycles. The molecule has 2 aliphatic heterocycles. The number of rotatable bonds is 3. The van der Waals surface area contributed by atoms with Gasteiger partial charge in [-0.25, -0.2) is 14.5 Å². The fraction of sp³-hybridized carbons (Fsp3) is 0.391. The number of piperazine rings is 1. The van der Waals surface area contributed by atoms with Crippen LogP contribution in [-0.4, -0.2) is 77.3 Å². The van der Waals surface area contributed by atoms with Gasteiger partial charge in [0.1, 0.15) is 17.1 Å². The third-order valence-electron chi connectivity index (χ3n) is 5.93. The van der Waals surface area contributed by atoms with Crippen LogP contribution in [0.5, 0.6) is 5.88 Å². The van der Waals surface area contributed by atoms with Crippen LogP contribution in [0.4, 0.5) is 5.82 Å². The van der Waals surface area contributed by atoms with Crippen molar-refractivity contribution in [2.75, 3.05) is 51.8 Å². The van der Waals surface area contributed by atoms with E-state index in [0.29, 0.717) is 11.6 Å². The summed E-state index contributed by atoms with van der Waals surface area (Å²) in [5.74, 6) is 2.41. The Kier molecular flexibility index (Phi) is 5.82. The first-order chi connectivity index (χ1) is 16.1. The number of anilines is 1. The maximum atomic E-state index is 10.1. The van der Waals surface area contributed by atoms with Crippen LogP contribution in [0.3, 0.4) is 0 Å². The number of nitrogens with one attached hydrogen (secondary N) is 1. The van der Waals surface area contributed by atoms with Crippen molar-refractivity contribution in [1.82, 2.24) is 29.8 Å². The van der Waals surface area contributed by atoms with Crippen molar-refractivity contribution < 1.29 is 13.9 Å². The molecule has 0 spiro atoms. The van der Waals surface area contributed by atoms with Crippen molar-refractivity contribution >= 4 is 28.3 Å². The fourth-order valence-corrected chi connectivity index (χ4v) is 4.04. The van der Waals surface area contributed by atoms with E-state index in [1.165, 1.54) is 0 Å². The number of carbonyl (C=O) groups excluding carboxylic acids is 1. The summed E-state index contributed by atoms with van der Waals surface area (Å²) in [5.41, 5.74) is 2.33. The highest BCUT2D eigenvalue weighted by Gasteiger charge is 2.20. The smallest absolute Gasteiger partial charge is 0.231 e. The molecule has 2 saturated heterocycles. The van der Waals surface area contributed by atoms with Gasteiger partial charge in [-0.05, 0) is 31.7 Å². The minimum absolute atomic E-state index is 0.204. The van der Waals surface area contributed by atoms with E-state index in [1.54, 1.807) is 30.1 Å². The first-order valence-electron chi connectivity index (χ1n) is 11.1. The summed E-state index contributed by atoms with van der Waals surface area (Å²) >= 11 is 0. The highest BCUT2D eigenvalue weighted by molar-refractivity contribution is 5.92. The van der Waals surface area contributed by atoms with E-state index in [1.807, 2.05) is 18.2 Å². The van der Waals surface area contributed by atoms with E-state index in [2.05, 4.69) is 37.2 Å². The summed E-state index contributed by atoms with van der Waals surface area (Å²) in [6.45, 7) is 4.85. The van der Waals surface area contributed by atoms with E-state index < -0.39 is 0 Å². The number of fused-ring (bicyclic) bond motifs is 2. The standard InChI is InChI=1S/C19H20N6O2.C4H7NO/c1-23-7-9-24(10-8-23)19-13-11-16(27-15(13)5-6-20-19)14-12-21-17-3-4-18(26-2)22-25(14)17;6-4-2-1-3-5-4/h3-6,11-12H,7-10H2,1-2H3;1-3H2,(H,5,6). The minimum Gasteiger partial charge on any atom is -0.480 e. The molecule has 0 aromatic carbocycles. The largest absolute Gasteiger partial charge is 0.480 e. The fourth-order valence-electron chi connectivity index (χ4n) is 4.04. The number of amides is 1. The lowest BCUT2D eigenvalue weighted by Gasteiger charge is -2.33. The number of likely N-dealkylation sites (N-methyl/N-ethyl adjacent to an activating group) is 1. The Labute approximate surface area is 191 Å². The van der Waals surface area contributed by atoms with Crippen molar-refractivity contribution in [2.24, 2.45) is 0 Å². The summed E-state index contributed by atoms with van der Waals surface area (Å²) in [6, 6.07) is 7.59. The maximum Gasteiger partial charge on any atom is 0.231 e. The van der Waals surface area contributed by atoms with Gasteiger partial charge in [-0.1, -0.05) is 0 Å². The molecule has 2 aliphatic rings. The van der Waals surface area contributed by atoms with Gasteiger partial charge in [0.15, 0.2) is 11.4 Å². The zero-order valence-electron chi connectivity index (χ0n) is 18.8. The molecule has 0 unspecified atom stereocenters. The number of nitrogens with zero attached hydrogens (tertiary/aromatic N) is 6. The van der Waals surface area contributed by atoms with Crippen LogP contribution < -0.4 is 15.0 Å². The zero-order chi connectivity index (χ0) is 22.8. The maximum absolute atomic E-state index is 10.1. The molecular weight excluding hydrogens is 422 g/mol. The third-order valence-corrected chi connectivity index (χ3v) is 5.93. The molecule has 10 heteroatoms. The number of aromatic nitrogens is 4. The Morgan fingerprint density at radius 3 is 2.67 bits per heavy atom. The summed E-state index contributed by atoms with van der Waals surface area (Å²) in [6.07, 6.45) is 5.33. The lowest BCUT2D eigenvalue weighted by molar-refractivity contribution is -0.119. The summed E-state index contributed by atoms with van der Waals surface area (Å²) < 4.78 is 13.1. The van der Waals surface area contributed by atoms with Crippen LogP contribution in [-0.2, 0) is 4.79 Å². The highest BCUT2D eigenvalue weighted by atomic mass is 16.5. The minimum atomic E-state index is 0.204. The van der Waals surface area contributed by atoms with Crippen LogP contribution >= 0.6 is 0 Å². The lowest BCUT2D eigenvalue weighted by Crippen LogP contribution is -2.44. The molecule has 0 atom stereocenters. The second-order valence-electron chi connectivity index (χ2n) is 8.19. The summed E-state index contributed by atoms with van der Waals surface area (Å²) in [5, 5.41) is 8.15. The van der Waals surface area contributed by atoms with Gasteiger partial charge >= 0.3 is 0 Å². The van der Waals surface area contributed by atoms with E-state index in [9.17, 15) is 4.79 Å². The number of pyridine rings is 1. The van der Waals surface area contributed by atoms with Gasteiger partial charge in [-0.15, -0.1) is 5.10 Å². The number of imidazole rings is 1. The Morgan fingerprint density at radius 2 is 1.97 bits per heavy atom. The van der Waals surface area contributed by atoms with Gasteiger partial charge < -0.3 is 24.3 Å². The first kappa shape index (κ1) is 21.2. The van der Waals surface area contributed by atoms with Gasteiger partial charge in [0, 0.05) is 51.4 Å². The van der Waals surface area contributed by atoms with Crippen LogP contribution in [0.15, 0.2) is 41.1 Å². The molecule has 0 saturated carbocycles. The molecule has 172 valence electrons. The van der Waals surface area contributed by atoms with Crippen molar-refractivity contribution in [3.63, 3.8) is 0 Å². The Bertz CT molecular complexity index is 1270. The first-order valence-corrected chi connectivity index (χ1v) is 11.1. The average molecular weight is 450 g/mol. The third kappa shape index (κ3) is 4.34. The molecule has 1 amide bonds. The number of hydrogen-bond acceptors (Lipinski definition) is 8. The van der Waals surface area contributed by atoms with E-state index in [0.717, 1.165) is 73.7 Å². The molecule has 0 bridgehead atoms. The predicted octanol–water partition coefficient (Wildman–Crippen LogP) is 2.19. The Morgan fingerprint density at radius 1 is 1.12 bits per heavy atom. The highest BCUT2D eigenvalue weighted by Crippen LogP contribution is 2.33. The number of methoxy groups -OCH3 is 1. The number of hydrogen-bond donors (Lipinski definition) is 1. The van der Waals surface area contributed by atoms with Crippen molar-refractivity contribution in [1.29, 1.82) is 0 Å². The van der Waals surface area contributed by atoms with Gasteiger partial charge in [0.25, 0.3) is 0 Å². The second kappa shape index (κ2) is 9.07. The second-order valence-corrected chi connectivity index (χ2v) is 8.19. The molecule has 10 nitrogen and oxygen atoms in total. The molecule has 0 radical (unpaired) electrons. The SMILES string of the molecule is COc1ccc2ncc(-c3cc4c(N5CCN(C)CC5)nccc4o3)n2n1.O=C1CCCN1. The van der Waals surface area contributed by atoms with E-state index in [-0.39, 0.29) is 5.91 Å². The lowest BCUT2D eigenvalue weighted by atomic mass is 10.2. The number of carbonyl (C=O) groups is 1. The van der Waals surface area contributed by atoms with E-state index in [4.69, 9.17) is 9.15 Å². The molecule has 4 aromatic rings. The van der Waals surface area contributed by atoms with Gasteiger partial charge in [0.2, 0.25) is 11.8 Å². The van der Waals surface area contributed by atoms with Crippen molar-refractivity contribution in [3.05, 3.63) is 36.7 Å². The van der Waals surface area contributed by atoms with Crippen LogP contribution in [0, 0.1) is 0 Å². The predicted molar refractivity (Wildman–Crippen MR) is 124 cm³/mol. The van der Waals surface area contributed by atoms with Gasteiger partial charge in [-0.2, -0.15) is 0 Å². The molecule has 4 aromatic heterocycles. The normalized spacial score (nSPS) is 16.7. The van der Waals surface area contributed by atoms with E-state index >= 15 is 0 Å². The molecule has 33 heavy (non-hydrogen) atoms. The molecular formula is C23H27N7O3.